The van der Waals surface area contributed by atoms with Crippen LogP contribution < -0.4 is 0 Å². The summed E-state index contributed by atoms with van der Waals surface area (Å²) < 4.78 is 1.48. The molecule has 8 heteroatoms. The Morgan fingerprint density at radius 3 is 2.50 bits per heavy atom. The van der Waals surface area contributed by atoms with Gasteiger partial charge in [0, 0.05) is 40.9 Å². The zero-order valence-corrected chi connectivity index (χ0v) is 20.2. The molecule has 3 aromatic heterocycles. The van der Waals surface area contributed by atoms with Crippen LogP contribution in [0.15, 0.2) is 36.7 Å². The van der Waals surface area contributed by atoms with Gasteiger partial charge in [-0.15, -0.1) is 5.10 Å². The van der Waals surface area contributed by atoms with Gasteiger partial charge in [-0.2, -0.15) is 0 Å². The van der Waals surface area contributed by atoms with Gasteiger partial charge in [-0.3, -0.25) is 9.78 Å². The number of aromatic amines is 1. The lowest BCUT2D eigenvalue weighted by Gasteiger charge is -2.32. The summed E-state index contributed by atoms with van der Waals surface area (Å²) in [5.41, 5.74) is 8.34. The zero-order chi connectivity index (χ0) is 23.8. The Balaban J connectivity index is 1.39. The van der Waals surface area contributed by atoms with E-state index >= 15 is 0 Å². The third kappa shape index (κ3) is 4.32. The number of carbonyl (C=O) groups is 1. The predicted octanol–water partition coefficient (Wildman–Crippen LogP) is 4.36. The number of benzene rings is 1. The summed E-state index contributed by atoms with van der Waals surface area (Å²) in [5, 5.41) is 12.3. The van der Waals surface area contributed by atoms with Crippen LogP contribution in [0.3, 0.4) is 0 Å². The van der Waals surface area contributed by atoms with Crippen molar-refractivity contribution in [1.29, 1.82) is 0 Å². The van der Waals surface area contributed by atoms with Crippen LogP contribution >= 0.6 is 0 Å². The smallest absolute Gasteiger partial charge is 0.244 e. The van der Waals surface area contributed by atoms with E-state index in [0.717, 1.165) is 37.3 Å². The number of amides is 1. The number of carbonyl (C=O) groups excluding carboxylic acids is 1. The maximum absolute atomic E-state index is 12.6. The standard InChI is InChI=1S/C26H31N7O/c1-16(2)25-22-13-20(5-6-23(22)29-26(25)21-11-17(3)28-18(4)12-21)19-7-9-32(10-8-19)24(34)14-33-15-27-30-31-33/h5-6,11-13,15-16,19,29H,7-10,14H2,1-4H3. The van der Waals surface area contributed by atoms with Crippen LogP contribution in [0.2, 0.25) is 0 Å². The number of fused-ring (bicyclic) bond motifs is 1. The quantitative estimate of drug-likeness (QED) is 0.481. The van der Waals surface area contributed by atoms with Gasteiger partial charge in [0.1, 0.15) is 12.9 Å². The number of aryl methyl sites for hydroxylation is 2. The zero-order valence-electron chi connectivity index (χ0n) is 20.2. The van der Waals surface area contributed by atoms with E-state index in [1.807, 2.05) is 18.7 Å². The second kappa shape index (κ2) is 9.00. The molecule has 176 valence electrons. The van der Waals surface area contributed by atoms with Crippen LogP contribution in [0.1, 0.15) is 61.0 Å². The Kier molecular flexibility index (Phi) is 5.89. The summed E-state index contributed by atoms with van der Waals surface area (Å²) >= 11 is 0. The van der Waals surface area contributed by atoms with Crippen LogP contribution in [-0.2, 0) is 11.3 Å². The molecular weight excluding hydrogens is 426 g/mol. The van der Waals surface area contributed by atoms with Crippen molar-refractivity contribution in [2.75, 3.05) is 13.1 Å². The first-order valence-corrected chi connectivity index (χ1v) is 12.0. The Morgan fingerprint density at radius 1 is 1.12 bits per heavy atom. The number of rotatable bonds is 5. The number of H-pyrrole nitrogens is 1. The average molecular weight is 458 g/mol. The van der Waals surface area contributed by atoms with E-state index in [4.69, 9.17) is 0 Å². The Hall–Kier alpha value is -3.55. The van der Waals surface area contributed by atoms with Crippen molar-refractivity contribution in [3.63, 3.8) is 0 Å². The number of nitrogens with one attached hydrogen (secondary N) is 1. The Bertz CT molecular complexity index is 1290. The van der Waals surface area contributed by atoms with E-state index in [1.165, 1.54) is 44.3 Å². The summed E-state index contributed by atoms with van der Waals surface area (Å²) in [4.78, 5) is 22.8. The molecule has 34 heavy (non-hydrogen) atoms. The highest BCUT2D eigenvalue weighted by Crippen LogP contribution is 2.38. The van der Waals surface area contributed by atoms with E-state index in [1.54, 1.807) is 0 Å². The third-order valence-corrected chi connectivity index (χ3v) is 6.82. The van der Waals surface area contributed by atoms with Crippen molar-refractivity contribution in [2.24, 2.45) is 0 Å². The van der Waals surface area contributed by atoms with Gasteiger partial charge in [-0.25, -0.2) is 4.68 Å². The molecule has 1 aliphatic rings. The maximum Gasteiger partial charge on any atom is 0.244 e. The highest BCUT2D eigenvalue weighted by atomic mass is 16.2. The summed E-state index contributed by atoms with van der Waals surface area (Å²) in [5.74, 6) is 0.908. The van der Waals surface area contributed by atoms with Gasteiger partial charge in [-0.1, -0.05) is 19.9 Å². The molecule has 0 aliphatic carbocycles. The largest absolute Gasteiger partial charge is 0.354 e. The van der Waals surface area contributed by atoms with Gasteiger partial charge >= 0.3 is 0 Å². The molecule has 1 fully saturated rings. The lowest BCUT2D eigenvalue weighted by molar-refractivity contribution is -0.133. The van der Waals surface area contributed by atoms with Gasteiger partial charge in [0.2, 0.25) is 5.91 Å². The van der Waals surface area contributed by atoms with Crippen LogP contribution in [0.5, 0.6) is 0 Å². The first-order chi connectivity index (χ1) is 16.4. The minimum atomic E-state index is 0.0708. The van der Waals surface area contributed by atoms with Gasteiger partial charge in [-0.05, 0) is 84.3 Å². The van der Waals surface area contributed by atoms with Crippen molar-refractivity contribution in [1.82, 2.24) is 35.1 Å². The van der Waals surface area contributed by atoms with Gasteiger partial charge in [0.05, 0.1) is 5.69 Å². The summed E-state index contributed by atoms with van der Waals surface area (Å²) in [6.07, 6.45) is 3.40. The minimum absolute atomic E-state index is 0.0708. The van der Waals surface area contributed by atoms with Crippen LogP contribution in [0.25, 0.3) is 22.2 Å². The summed E-state index contributed by atoms with van der Waals surface area (Å²) in [6, 6.07) is 11.2. The first kappa shape index (κ1) is 22.3. The van der Waals surface area contributed by atoms with Crippen molar-refractivity contribution in [2.45, 2.75) is 58.9 Å². The topological polar surface area (TPSA) is 92.6 Å². The van der Waals surface area contributed by atoms with Gasteiger partial charge < -0.3 is 9.88 Å². The highest BCUT2D eigenvalue weighted by molar-refractivity contribution is 5.92. The van der Waals surface area contributed by atoms with E-state index in [2.05, 4.69) is 69.7 Å². The van der Waals surface area contributed by atoms with Crippen molar-refractivity contribution >= 4 is 16.8 Å². The van der Waals surface area contributed by atoms with E-state index < -0.39 is 0 Å². The second-order valence-electron chi connectivity index (χ2n) is 9.67. The molecule has 1 saturated heterocycles. The lowest BCUT2D eigenvalue weighted by Crippen LogP contribution is -2.39. The van der Waals surface area contributed by atoms with E-state index in [9.17, 15) is 4.79 Å². The predicted molar refractivity (Wildman–Crippen MR) is 131 cm³/mol. The molecule has 4 heterocycles. The molecule has 0 saturated carbocycles. The first-order valence-electron chi connectivity index (χ1n) is 12.0. The fraction of sp³-hybridized carbons (Fsp3) is 0.423. The maximum atomic E-state index is 12.6. The molecule has 0 radical (unpaired) electrons. The lowest BCUT2D eigenvalue weighted by atomic mass is 9.87. The summed E-state index contributed by atoms with van der Waals surface area (Å²) in [7, 11) is 0. The fourth-order valence-corrected chi connectivity index (χ4v) is 5.24. The number of hydrogen-bond acceptors (Lipinski definition) is 5. The fourth-order valence-electron chi connectivity index (χ4n) is 5.24. The van der Waals surface area contributed by atoms with Crippen LogP contribution in [0.4, 0.5) is 0 Å². The third-order valence-electron chi connectivity index (χ3n) is 6.82. The molecular formula is C26H31N7O. The molecule has 0 bridgehead atoms. The van der Waals surface area contributed by atoms with Crippen molar-refractivity contribution in [3.8, 4) is 11.3 Å². The van der Waals surface area contributed by atoms with Crippen molar-refractivity contribution < 1.29 is 4.79 Å². The number of piperidine rings is 1. The van der Waals surface area contributed by atoms with Gasteiger partial charge in [0.25, 0.3) is 0 Å². The molecule has 5 rings (SSSR count). The van der Waals surface area contributed by atoms with Crippen molar-refractivity contribution in [3.05, 3.63) is 59.2 Å². The molecule has 0 unspecified atom stereocenters. The molecule has 1 amide bonds. The normalized spacial score (nSPS) is 14.9. The number of hydrogen-bond donors (Lipinski definition) is 1. The molecule has 1 N–H and O–H groups in total. The highest BCUT2D eigenvalue weighted by Gasteiger charge is 2.25. The number of aromatic nitrogens is 6. The number of nitrogens with zero attached hydrogens (tertiary/aromatic N) is 6. The number of likely N-dealkylation sites (tertiary alicyclic amines) is 1. The molecule has 0 atom stereocenters. The van der Waals surface area contributed by atoms with Gasteiger partial charge in [0.15, 0.2) is 0 Å². The monoisotopic (exact) mass is 457 g/mol. The Morgan fingerprint density at radius 2 is 1.85 bits per heavy atom. The molecule has 8 nitrogen and oxygen atoms in total. The molecule has 1 aliphatic heterocycles. The number of tetrazole rings is 1. The number of pyridine rings is 1. The van der Waals surface area contributed by atoms with E-state index in [0.29, 0.717) is 11.8 Å². The molecule has 4 aromatic rings. The van der Waals surface area contributed by atoms with Crippen LogP contribution in [-0.4, -0.2) is 54.1 Å². The van der Waals surface area contributed by atoms with Crippen LogP contribution in [0, 0.1) is 13.8 Å². The van der Waals surface area contributed by atoms with E-state index in [-0.39, 0.29) is 12.5 Å². The second-order valence-corrected chi connectivity index (χ2v) is 9.67. The molecule has 1 aromatic carbocycles. The molecule has 0 spiro atoms. The Labute approximate surface area is 199 Å². The SMILES string of the molecule is Cc1cc(-c2[nH]c3ccc(C4CCN(C(=O)Cn5cnnn5)CC4)cc3c2C(C)C)cc(C)n1. The average Bonchev–Trinajstić information content (AvgIpc) is 3.45. The summed E-state index contributed by atoms with van der Waals surface area (Å²) in [6.45, 7) is 10.3. The minimum Gasteiger partial charge on any atom is -0.354 e.